The molecule has 0 aliphatic heterocycles. The van der Waals surface area contributed by atoms with Crippen molar-refractivity contribution in [2.24, 2.45) is 0 Å². The minimum Gasteiger partial charge on any atom is -0.0643 e. The summed E-state index contributed by atoms with van der Waals surface area (Å²) in [7, 11) is -4.68. The Kier molecular flexibility index (Phi) is 4.36. The highest BCUT2D eigenvalue weighted by molar-refractivity contribution is 7.79. The van der Waals surface area contributed by atoms with Crippen molar-refractivity contribution in [2.75, 3.05) is 20.0 Å². The van der Waals surface area contributed by atoms with Crippen LogP contribution in [0.1, 0.15) is 0 Å². The molecule has 0 spiro atoms. The second kappa shape index (κ2) is 4.23. The van der Waals surface area contributed by atoms with Gasteiger partial charge < -0.3 is 0 Å². The van der Waals surface area contributed by atoms with Crippen LogP contribution in [0.25, 0.3) is 0 Å². The van der Waals surface area contributed by atoms with E-state index in [4.69, 9.17) is 0 Å². The summed E-state index contributed by atoms with van der Waals surface area (Å²) < 4.78 is 32.4. The van der Waals surface area contributed by atoms with E-state index in [2.05, 4.69) is 0 Å². The Hall–Kier alpha value is 0.300. The van der Waals surface area contributed by atoms with Gasteiger partial charge in [0.25, 0.3) is 0 Å². The van der Waals surface area contributed by atoms with Crippen molar-refractivity contribution in [3.63, 3.8) is 0 Å². The van der Waals surface area contributed by atoms with Crippen molar-refractivity contribution in [2.45, 2.75) is 5.14 Å². The summed E-state index contributed by atoms with van der Waals surface area (Å²) in [5.41, 5.74) is 0. The lowest BCUT2D eigenvalue weighted by molar-refractivity contribution is 0.577. The largest absolute Gasteiger partial charge is 0.507 e. The van der Waals surface area contributed by atoms with Gasteiger partial charge in [-0.05, 0) is 0 Å². The monoisotopic (exact) mass is 199 g/mol. The molecule has 0 aromatic heterocycles. The van der Waals surface area contributed by atoms with Gasteiger partial charge in [-0.1, -0.05) is 13.7 Å². The van der Waals surface area contributed by atoms with Crippen LogP contribution in [0, 0.1) is 0 Å². The van der Waals surface area contributed by atoms with Crippen molar-refractivity contribution in [1.82, 2.24) is 0 Å². The van der Waals surface area contributed by atoms with Gasteiger partial charge in [0.15, 0.2) is 0 Å². The van der Waals surface area contributed by atoms with E-state index in [1.54, 1.807) is 0 Å². The standard InChI is InChI=1S/C4H10O3P3/c1-8(5)4(9(2)6)10(3)7/h4H,1-3H3/q+3. The van der Waals surface area contributed by atoms with Crippen LogP contribution in [0.15, 0.2) is 0 Å². The lowest BCUT2D eigenvalue weighted by atomic mass is 11.8. The first-order chi connectivity index (χ1) is 4.46. The summed E-state index contributed by atoms with van der Waals surface area (Å²) in [6, 6.07) is 0. The molecule has 0 fully saturated rings. The summed E-state index contributed by atoms with van der Waals surface area (Å²) in [4.78, 5) is 0. The van der Waals surface area contributed by atoms with Gasteiger partial charge in [0.1, 0.15) is 20.0 Å². The fourth-order valence-electron chi connectivity index (χ4n) is 0.687. The van der Waals surface area contributed by atoms with Crippen LogP contribution in [0.5, 0.6) is 0 Å². The van der Waals surface area contributed by atoms with Gasteiger partial charge in [-0.2, -0.15) is 0 Å². The molecule has 3 nitrogen and oxygen atoms in total. The molecule has 10 heavy (non-hydrogen) atoms. The molecule has 0 radical (unpaired) electrons. The summed E-state index contributed by atoms with van der Waals surface area (Å²) in [5.74, 6) is 0. The molecule has 0 rings (SSSR count). The quantitative estimate of drug-likeness (QED) is 0.656. The molecule has 0 bridgehead atoms. The Morgan fingerprint density at radius 1 is 0.800 bits per heavy atom. The Morgan fingerprint density at radius 3 is 1.00 bits per heavy atom. The lowest BCUT2D eigenvalue weighted by Gasteiger charge is -1.73. The molecule has 0 aliphatic carbocycles. The Morgan fingerprint density at radius 2 is 1.00 bits per heavy atom. The average Bonchev–Trinajstić information content (AvgIpc) is 1.59. The van der Waals surface area contributed by atoms with Crippen LogP contribution >= 0.6 is 23.4 Å². The fourth-order valence-corrected chi connectivity index (χ4v) is 6.18. The third-order valence-corrected chi connectivity index (χ3v) is 8.78. The van der Waals surface area contributed by atoms with Crippen molar-refractivity contribution in [1.29, 1.82) is 0 Å². The zero-order valence-electron chi connectivity index (χ0n) is 6.14. The predicted molar refractivity (Wildman–Crippen MR) is 44.4 cm³/mol. The molecule has 3 atom stereocenters. The van der Waals surface area contributed by atoms with Crippen molar-refractivity contribution >= 4 is 23.4 Å². The minimum absolute atomic E-state index is 0.583. The molecule has 0 aromatic rings. The first kappa shape index (κ1) is 10.3. The Labute approximate surface area is 62.9 Å². The van der Waals surface area contributed by atoms with Gasteiger partial charge in [-0.25, -0.2) is 0 Å². The molecule has 0 amide bonds. The van der Waals surface area contributed by atoms with E-state index in [1.807, 2.05) is 0 Å². The van der Waals surface area contributed by atoms with E-state index in [9.17, 15) is 13.7 Å². The van der Waals surface area contributed by atoms with Crippen LogP contribution in [-0.4, -0.2) is 25.1 Å². The SMILES string of the molecule is C[P+](=O)C([P+](C)=O)[P+](C)=O. The van der Waals surface area contributed by atoms with E-state index < -0.39 is 28.5 Å². The van der Waals surface area contributed by atoms with E-state index >= 15 is 0 Å². The summed E-state index contributed by atoms with van der Waals surface area (Å²) >= 11 is 0. The van der Waals surface area contributed by atoms with E-state index in [0.717, 1.165) is 0 Å². The second-order valence-corrected chi connectivity index (χ2v) is 8.03. The molecule has 0 saturated heterocycles. The summed E-state index contributed by atoms with van der Waals surface area (Å²) in [6.07, 6.45) is 0. The molecule has 0 heterocycles. The topological polar surface area (TPSA) is 51.2 Å². The molecular weight excluding hydrogens is 189 g/mol. The van der Waals surface area contributed by atoms with Gasteiger partial charge in [0.2, 0.25) is 0 Å². The molecule has 3 unspecified atom stereocenters. The van der Waals surface area contributed by atoms with E-state index in [-0.39, 0.29) is 0 Å². The molecule has 0 saturated carbocycles. The number of hydrogen-bond acceptors (Lipinski definition) is 3. The minimum atomic E-state index is -1.56. The molecule has 6 heteroatoms. The number of rotatable bonds is 3. The fraction of sp³-hybridized carbons (Fsp3) is 1.00. The third kappa shape index (κ3) is 2.92. The first-order valence-corrected chi connectivity index (χ1v) is 7.99. The second-order valence-electron chi connectivity index (χ2n) is 1.98. The first-order valence-electron chi connectivity index (χ1n) is 2.66. The van der Waals surface area contributed by atoms with Crippen molar-refractivity contribution < 1.29 is 13.7 Å². The van der Waals surface area contributed by atoms with Crippen LogP contribution in [0.2, 0.25) is 0 Å². The van der Waals surface area contributed by atoms with Crippen LogP contribution in [0.3, 0.4) is 0 Å². The van der Waals surface area contributed by atoms with Crippen molar-refractivity contribution in [3.05, 3.63) is 0 Å². The maximum atomic E-state index is 10.8. The van der Waals surface area contributed by atoms with Gasteiger partial charge in [-0.3, -0.25) is 0 Å². The molecule has 0 N–H and O–H groups in total. The maximum Gasteiger partial charge on any atom is 0.507 e. The molecule has 56 valence electrons. The van der Waals surface area contributed by atoms with Gasteiger partial charge in [0, 0.05) is 0 Å². The third-order valence-electron chi connectivity index (χ3n) is 0.976. The van der Waals surface area contributed by atoms with Gasteiger partial charge in [-0.15, -0.1) is 0 Å². The number of hydrogen-bond donors (Lipinski definition) is 0. The van der Waals surface area contributed by atoms with Gasteiger partial charge >= 0.3 is 28.5 Å². The predicted octanol–water partition coefficient (Wildman–Crippen LogP) is 2.64. The van der Waals surface area contributed by atoms with Crippen LogP contribution < -0.4 is 0 Å². The Balaban J connectivity index is 4.43. The van der Waals surface area contributed by atoms with Crippen LogP contribution in [-0.2, 0) is 13.7 Å². The lowest BCUT2D eigenvalue weighted by Crippen LogP contribution is -1.85. The molecule has 0 aromatic carbocycles. The normalized spacial score (nSPS) is 17.7. The zero-order chi connectivity index (χ0) is 8.31. The Bertz CT molecular complexity index is 155. The zero-order valence-corrected chi connectivity index (χ0v) is 8.83. The van der Waals surface area contributed by atoms with Crippen molar-refractivity contribution in [3.8, 4) is 0 Å². The summed E-state index contributed by atoms with van der Waals surface area (Å²) in [6.45, 7) is 4.40. The van der Waals surface area contributed by atoms with E-state index in [1.165, 1.54) is 20.0 Å². The smallest absolute Gasteiger partial charge is 0.0643 e. The van der Waals surface area contributed by atoms with E-state index in [0.29, 0.717) is 0 Å². The average molecular weight is 199 g/mol. The molecular formula is C4H10O3P3+3. The highest BCUT2D eigenvalue weighted by Gasteiger charge is 2.54. The van der Waals surface area contributed by atoms with Crippen LogP contribution in [0.4, 0.5) is 0 Å². The highest BCUT2D eigenvalue weighted by atomic mass is 31.2. The molecule has 0 aliphatic rings. The van der Waals surface area contributed by atoms with Gasteiger partial charge in [0.05, 0.1) is 0 Å². The summed E-state index contributed by atoms with van der Waals surface area (Å²) in [5, 5.41) is -0.583. The maximum absolute atomic E-state index is 10.8. The highest BCUT2D eigenvalue weighted by Crippen LogP contribution is 2.52.